The van der Waals surface area contributed by atoms with Crippen molar-refractivity contribution < 1.29 is 36.7 Å². The largest absolute Gasteiger partial charge is 0.494 e. The van der Waals surface area contributed by atoms with Gasteiger partial charge < -0.3 is 24.9 Å². The number of carbonyl (C=O) groups is 2. The fraction of sp³-hybridized carbons (Fsp3) is 0.200. The molecule has 3 N–H and O–H groups in total. The van der Waals surface area contributed by atoms with Crippen LogP contribution in [0.3, 0.4) is 0 Å². The van der Waals surface area contributed by atoms with Crippen molar-refractivity contribution in [3.8, 4) is 17.2 Å². The van der Waals surface area contributed by atoms with Crippen LogP contribution in [0.2, 0.25) is 0 Å². The molecule has 0 aliphatic heterocycles. The number of nitrogens with one attached hydrogen (secondary N) is 1. The SMILES string of the molecule is COC(=O)[C@@H](NC(=O)c1nc(-c2ccc(OC)c3nc(C(F)(F)F)ccc23)oc1CN)c1ccccc1. The molecule has 2 aromatic carbocycles. The van der Waals surface area contributed by atoms with Crippen molar-refractivity contribution >= 4 is 22.8 Å². The van der Waals surface area contributed by atoms with Crippen molar-refractivity contribution in [2.24, 2.45) is 5.73 Å². The van der Waals surface area contributed by atoms with E-state index in [2.05, 4.69) is 15.3 Å². The van der Waals surface area contributed by atoms with Gasteiger partial charge in [-0.15, -0.1) is 0 Å². The fourth-order valence-corrected chi connectivity index (χ4v) is 3.72. The van der Waals surface area contributed by atoms with E-state index in [0.29, 0.717) is 5.56 Å². The number of amides is 1. The number of methoxy groups -OCH3 is 2. The molecule has 0 unspecified atom stereocenters. The first kappa shape index (κ1) is 25.6. The Balaban J connectivity index is 1.76. The Hall–Kier alpha value is -4.45. The highest BCUT2D eigenvalue weighted by Gasteiger charge is 2.33. The molecule has 0 aliphatic carbocycles. The lowest BCUT2D eigenvalue weighted by atomic mass is 10.1. The Morgan fingerprint density at radius 3 is 2.41 bits per heavy atom. The smallest absolute Gasteiger partial charge is 0.433 e. The van der Waals surface area contributed by atoms with E-state index < -0.39 is 29.8 Å². The molecule has 192 valence electrons. The van der Waals surface area contributed by atoms with Gasteiger partial charge >= 0.3 is 12.1 Å². The molecule has 1 amide bonds. The molecule has 9 nitrogen and oxygen atoms in total. The molecule has 0 radical (unpaired) electrons. The van der Waals surface area contributed by atoms with E-state index in [-0.39, 0.29) is 46.1 Å². The first-order chi connectivity index (χ1) is 17.7. The second-order valence-electron chi connectivity index (χ2n) is 7.74. The average molecular weight is 514 g/mol. The highest BCUT2D eigenvalue weighted by Crippen LogP contribution is 2.37. The van der Waals surface area contributed by atoms with Crippen LogP contribution >= 0.6 is 0 Å². The molecular formula is C25H21F3N4O5. The third kappa shape index (κ3) is 5.09. The molecule has 37 heavy (non-hydrogen) atoms. The number of hydrogen-bond donors (Lipinski definition) is 2. The molecule has 4 rings (SSSR count). The summed E-state index contributed by atoms with van der Waals surface area (Å²) in [5.74, 6) is -1.42. The number of oxazole rings is 1. The Morgan fingerprint density at radius 1 is 1.05 bits per heavy atom. The Kier molecular flexibility index (Phi) is 7.11. The molecule has 0 fully saturated rings. The number of fused-ring (bicyclic) bond motifs is 1. The van der Waals surface area contributed by atoms with Gasteiger partial charge in [-0.2, -0.15) is 13.2 Å². The van der Waals surface area contributed by atoms with Crippen molar-refractivity contribution in [1.82, 2.24) is 15.3 Å². The van der Waals surface area contributed by atoms with Crippen molar-refractivity contribution in [2.45, 2.75) is 18.8 Å². The lowest BCUT2D eigenvalue weighted by molar-refractivity contribution is -0.143. The zero-order chi connectivity index (χ0) is 26.7. The van der Waals surface area contributed by atoms with Gasteiger partial charge in [-0.25, -0.2) is 14.8 Å². The van der Waals surface area contributed by atoms with Crippen LogP contribution in [-0.4, -0.2) is 36.1 Å². The van der Waals surface area contributed by atoms with E-state index in [4.69, 9.17) is 19.6 Å². The maximum Gasteiger partial charge on any atom is 0.433 e. The van der Waals surface area contributed by atoms with Gasteiger partial charge in [0.25, 0.3) is 5.91 Å². The number of nitrogens with two attached hydrogens (primary N) is 1. The molecule has 0 saturated carbocycles. The van der Waals surface area contributed by atoms with Gasteiger partial charge in [0.05, 0.1) is 20.8 Å². The predicted molar refractivity (Wildman–Crippen MR) is 125 cm³/mol. The van der Waals surface area contributed by atoms with E-state index in [1.165, 1.54) is 32.4 Å². The van der Waals surface area contributed by atoms with Crippen molar-refractivity contribution in [3.63, 3.8) is 0 Å². The van der Waals surface area contributed by atoms with Gasteiger partial charge in [0.1, 0.15) is 17.0 Å². The number of pyridine rings is 1. The second kappa shape index (κ2) is 10.3. The van der Waals surface area contributed by atoms with Crippen LogP contribution in [-0.2, 0) is 22.3 Å². The predicted octanol–water partition coefficient (Wildman–Crippen LogP) is 4.02. The molecule has 2 aromatic heterocycles. The third-order valence-electron chi connectivity index (χ3n) is 5.50. The minimum absolute atomic E-state index is 0.00742. The Morgan fingerprint density at radius 2 is 1.78 bits per heavy atom. The summed E-state index contributed by atoms with van der Waals surface area (Å²) in [4.78, 5) is 33.5. The van der Waals surface area contributed by atoms with E-state index in [9.17, 15) is 22.8 Å². The Labute approximate surface area is 208 Å². The van der Waals surface area contributed by atoms with E-state index in [1.54, 1.807) is 30.3 Å². The van der Waals surface area contributed by atoms with Gasteiger partial charge in [0.15, 0.2) is 17.5 Å². The van der Waals surface area contributed by atoms with Crippen LogP contribution in [0.15, 0.2) is 59.0 Å². The lowest BCUT2D eigenvalue weighted by Crippen LogP contribution is -2.35. The van der Waals surface area contributed by atoms with Gasteiger partial charge in [0.2, 0.25) is 5.89 Å². The monoisotopic (exact) mass is 514 g/mol. The minimum Gasteiger partial charge on any atom is -0.494 e. The number of esters is 1. The summed E-state index contributed by atoms with van der Waals surface area (Å²) >= 11 is 0. The Bertz CT molecular complexity index is 1450. The zero-order valence-electron chi connectivity index (χ0n) is 19.6. The van der Waals surface area contributed by atoms with Crippen LogP contribution in [0.4, 0.5) is 13.2 Å². The van der Waals surface area contributed by atoms with Crippen LogP contribution in [0.5, 0.6) is 5.75 Å². The molecule has 2 heterocycles. The topological polar surface area (TPSA) is 130 Å². The normalized spacial score (nSPS) is 12.3. The summed E-state index contributed by atoms with van der Waals surface area (Å²) in [7, 11) is 2.50. The second-order valence-corrected chi connectivity index (χ2v) is 7.74. The third-order valence-corrected chi connectivity index (χ3v) is 5.50. The van der Waals surface area contributed by atoms with E-state index >= 15 is 0 Å². The highest BCUT2D eigenvalue weighted by molar-refractivity contribution is 5.99. The average Bonchev–Trinajstić information content (AvgIpc) is 3.34. The van der Waals surface area contributed by atoms with Gasteiger partial charge in [-0.3, -0.25) is 4.79 Å². The first-order valence-electron chi connectivity index (χ1n) is 10.9. The van der Waals surface area contributed by atoms with Crippen molar-refractivity contribution in [2.75, 3.05) is 14.2 Å². The lowest BCUT2D eigenvalue weighted by Gasteiger charge is -2.16. The molecule has 1 atom stereocenters. The molecule has 12 heteroatoms. The number of benzene rings is 2. The van der Waals surface area contributed by atoms with E-state index in [1.807, 2.05) is 0 Å². The number of aromatic nitrogens is 2. The first-order valence-corrected chi connectivity index (χ1v) is 10.9. The van der Waals surface area contributed by atoms with Gasteiger partial charge in [-0.05, 0) is 29.8 Å². The number of halogens is 3. The highest BCUT2D eigenvalue weighted by atomic mass is 19.4. The number of hydrogen-bond acceptors (Lipinski definition) is 8. The van der Waals surface area contributed by atoms with Gasteiger partial charge in [0, 0.05) is 10.9 Å². The van der Waals surface area contributed by atoms with Crippen LogP contribution in [0.25, 0.3) is 22.4 Å². The summed E-state index contributed by atoms with van der Waals surface area (Å²) in [6.07, 6.45) is -4.66. The number of rotatable bonds is 7. The van der Waals surface area contributed by atoms with E-state index in [0.717, 1.165) is 6.07 Å². The van der Waals surface area contributed by atoms with Crippen LogP contribution in [0.1, 0.15) is 33.5 Å². The maximum atomic E-state index is 13.2. The summed E-state index contributed by atoms with van der Waals surface area (Å²) < 4.78 is 55.5. The summed E-state index contributed by atoms with van der Waals surface area (Å²) in [5.41, 5.74) is 5.16. The van der Waals surface area contributed by atoms with Crippen molar-refractivity contribution in [3.05, 3.63) is 77.3 Å². The van der Waals surface area contributed by atoms with Crippen molar-refractivity contribution in [1.29, 1.82) is 0 Å². The maximum absolute atomic E-state index is 13.2. The van der Waals surface area contributed by atoms with Crippen LogP contribution in [0, 0.1) is 0 Å². The standard InChI is InChI=1S/C25H21F3N4O5/c1-35-16-10-8-15(14-9-11-18(25(26,27)28)30-20(14)16)23-32-21(17(12-29)37-23)22(33)31-19(24(34)36-2)13-6-4-3-5-7-13/h3-11,19H,12,29H2,1-2H3,(H,31,33)/t19-/m0/s1. The number of nitrogens with zero attached hydrogens (tertiary/aromatic N) is 2. The molecule has 4 aromatic rings. The molecule has 0 aliphatic rings. The zero-order valence-corrected chi connectivity index (χ0v) is 19.6. The molecule has 0 spiro atoms. The number of alkyl halides is 3. The summed E-state index contributed by atoms with van der Waals surface area (Å²) in [5, 5.41) is 2.82. The summed E-state index contributed by atoms with van der Waals surface area (Å²) in [6, 6.07) is 12.3. The quantitative estimate of drug-likeness (QED) is 0.354. The van der Waals surface area contributed by atoms with Gasteiger partial charge in [-0.1, -0.05) is 30.3 Å². The van der Waals surface area contributed by atoms with Crippen LogP contribution < -0.4 is 15.8 Å². The molecule has 0 saturated heterocycles. The minimum atomic E-state index is -4.66. The number of carbonyl (C=O) groups excluding carboxylic acids is 2. The fourth-order valence-electron chi connectivity index (χ4n) is 3.72. The summed E-state index contributed by atoms with van der Waals surface area (Å²) in [6.45, 7) is -0.214. The molecule has 0 bridgehead atoms. The number of ether oxygens (including phenoxy) is 2. The molecular weight excluding hydrogens is 493 g/mol.